The Morgan fingerprint density at radius 3 is 2.82 bits per heavy atom. The van der Waals surface area contributed by atoms with Crippen LogP contribution in [0.3, 0.4) is 0 Å². The van der Waals surface area contributed by atoms with Gasteiger partial charge in [-0.3, -0.25) is 4.79 Å². The van der Waals surface area contributed by atoms with E-state index in [2.05, 4.69) is 15.2 Å². The largest absolute Gasteiger partial charge is 0.350 e. The number of hydrogen-bond acceptors (Lipinski definition) is 6. The Kier molecular flexibility index (Phi) is 3.62. The Balaban J connectivity index is 1.53. The van der Waals surface area contributed by atoms with Crippen LogP contribution in [-0.2, 0) is 25.8 Å². The van der Waals surface area contributed by atoms with Crippen LogP contribution < -0.4 is 10.2 Å². The molecule has 2 aliphatic rings. The molecule has 4 rings (SSSR count). The number of nitrogens with zero attached hydrogens (tertiary/aromatic N) is 3. The maximum atomic E-state index is 11.8. The first-order valence-electron chi connectivity index (χ1n) is 7.67. The molecule has 116 valence electrons. The van der Waals surface area contributed by atoms with Crippen LogP contribution in [0.15, 0.2) is 0 Å². The molecule has 5 nitrogen and oxygen atoms in total. The van der Waals surface area contributed by atoms with Crippen LogP contribution in [0.5, 0.6) is 0 Å². The van der Waals surface area contributed by atoms with Crippen molar-refractivity contribution in [2.75, 3.05) is 18.5 Å². The molecule has 0 fully saturated rings. The molecule has 0 radical (unpaired) electrons. The van der Waals surface area contributed by atoms with E-state index in [-0.39, 0.29) is 5.91 Å². The fourth-order valence-electron chi connectivity index (χ4n) is 2.97. The third-order valence-electron chi connectivity index (χ3n) is 4.13. The number of anilines is 1. The van der Waals surface area contributed by atoms with Gasteiger partial charge in [-0.05, 0) is 25.7 Å². The number of aromatic nitrogens is 2. The minimum Gasteiger partial charge on any atom is -0.350 e. The van der Waals surface area contributed by atoms with Gasteiger partial charge in [0.1, 0.15) is 10.7 Å². The molecule has 22 heavy (non-hydrogen) atoms. The SMILES string of the molecule is CN(Cc1nc2c(s1)CCCC2)c1nc2c(s1)CCNC2=O. The number of thiazole rings is 2. The summed E-state index contributed by atoms with van der Waals surface area (Å²) in [4.78, 5) is 25.8. The third kappa shape index (κ3) is 2.52. The Morgan fingerprint density at radius 2 is 2.00 bits per heavy atom. The van der Waals surface area contributed by atoms with Crippen LogP contribution in [0.1, 0.15) is 43.8 Å². The first-order chi connectivity index (χ1) is 10.7. The number of carbonyl (C=O) groups excluding carboxylic acids is 1. The average molecular weight is 334 g/mol. The van der Waals surface area contributed by atoms with Gasteiger partial charge in [0, 0.05) is 29.8 Å². The van der Waals surface area contributed by atoms with Crippen LogP contribution in [0.4, 0.5) is 5.13 Å². The van der Waals surface area contributed by atoms with E-state index in [1.54, 1.807) is 11.3 Å². The number of fused-ring (bicyclic) bond motifs is 2. The van der Waals surface area contributed by atoms with Gasteiger partial charge in [0.2, 0.25) is 0 Å². The fraction of sp³-hybridized carbons (Fsp3) is 0.533. The number of carbonyl (C=O) groups is 1. The highest BCUT2D eigenvalue weighted by Gasteiger charge is 2.24. The van der Waals surface area contributed by atoms with Crippen LogP contribution in [0.25, 0.3) is 0 Å². The van der Waals surface area contributed by atoms with Gasteiger partial charge in [0.05, 0.1) is 12.2 Å². The van der Waals surface area contributed by atoms with Crippen molar-refractivity contribution in [3.63, 3.8) is 0 Å². The summed E-state index contributed by atoms with van der Waals surface area (Å²) < 4.78 is 0. The molecule has 0 saturated heterocycles. The predicted molar refractivity (Wildman–Crippen MR) is 89.0 cm³/mol. The van der Waals surface area contributed by atoms with E-state index in [0.29, 0.717) is 5.69 Å². The summed E-state index contributed by atoms with van der Waals surface area (Å²) >= 11 is 3.47. The zero-order valence-electron chi connectivity index (χ0n) is 12.5. The van der Waals surface area contributed by atoms with Crippen molar-refractivity contribution in [1.29, 1.82) is 0 Å². The van der Waals surface area contributed by atoms with Crippen molar-refractivity contribution in [3.05, 3.63) is 26.1 Å². The zero-order chi connectivity index (χ0) is 15.1. The van der Waals surface area contributed by atoms with Crippen molar-refractivity contribution in [1.82, 2.24) is 15.3 Å². The van der Waals surface area contributed by atoms with Gasteiger partial charge in [-0.15, -0.1) is 22.7 Å². The molecule has 7 heteroatoms. The summed E-state index contributed by atoms with van der Waals surface area (Å²) in [6.07, 6.45) is 5.75. The summed E-state index contributed by atoms with van der Waals surface area (Å²) in [6, 6.07) is 0. The molecule has 0 unspecified atom stereocenters. The average Bonchev–Trinajstić information content (AvgIpc) is 3.10. The van der Waals surface area contributed by atoms with E-state index in [9.17, 15) is 4.79 Å². The Bertz CT molecular complexity index is 698. The van der Waals surface area contributed by atoms with Gasteiger partial charge < -0.3 is 10.2 Å². The van der Waals surface area contributed by atoms with Crippen molar-refractivity contribution < 1.29 is 4.79 Å². The standard InChI is InChI=1S/C15H18N4OS2/c1-19(8-12-17-9-4-2-3-5-10(9)21-12)15-18-13-11(22-15)6-7-16-14(13)20/h2-8H2,1H3,(H,16,20). The number of nitrogens with one attached hydrogen (secondary N) is 1. The lowest BCUT2D eigenvalue weighted by Crippen LogP contribution is -2.31. The topological polar surface area (TPSA) is 58.1 Å². The highest BCUT2D eigenvalue weighted by atomic mass is 32.1. The van der Waals surface area contributed by atoms with Crippen LogP contribution in [0, 0.1) is 0 Å². The van der Waals surface area contributed by atoms with E-state index >= 15 is 0 Å². The van der Waals surface area contributed by atoms with Gasteiger partial charge in [-0.1, -0.05) is 0 Å². The van der Waals surface area contributed by atoms with Crippen LogP contribution in [0.2, 0.25) is 0 Å². The smallest absolute Gasteiger partial charge is 0.271 e. The highest BCUT2D eigenvalue weighted by Crippen LogP contribution is 2.31. The van der Waals surface area contributed by atoms with Crippen molar-refractivity contribution in [2.24, 2.45) is 0 Å². The second-order valence-corrected chi connectivity index (χ2v) is 8.05. The summed E-state index contributed by atoms with van der Waals surface area (Å²) in [5, 5.41) is 4.92. The minimum absolute atomic E-state index is 0.0399. The molecular weight excluding hydrogens is 316 g/mol. The Hall–Kier alpha value is -1.47. The first-order valence-corrected chi connectivity index (χ1v) is 9.30. The molecule has 1 amide bonds. The van der Waals surface area contributed by atoms with Gasteiger partial charge in [-0.2, -0.15) is 0 Å². The van der Waals surface area contributed by atoms with Gasteiger partial charge >= 0.3 is 0 Å². The molecular formula is C15H18N4OS2. The van der Waals surface area contributed by atoms with Crippen molar-refractivity contribution in [2.45, 2.75) is 38.6 Å². The molecule has 1 aliphatic carbocycles. The van der Waals surface area contributed by atoms with Gasteiger partial charge in [0.15, 0.2) is 5.13 Å². The normalized spacial score (nSPS) is 16.9. The van der Waals surface area contributed by atoms with E-state index in [0.717, 1.165) is 40.9 Å². The maximum Gasteiger partial charge on any atom is 0.271 e. The van der Waals surface area contributed by atoms with Crippen molar-refractivity contribution in [3.8, 4) is 0 Å². The summed E-state index contributed by atoms with van der Waals surface area (Å²) in [5.74, 6) is -0.0399. The molecule has 1 aliphatic heterocycles. The Morgan fingerprint density at radius 1 is 1.14 bits per heavy atom. The molecule has 0 spiro atoms. The summed E-state index contributed by atoms with van der Waals surface area (Å²) in [7, 11) is 2.03. The molecule has 0 atom stereocenters. The first kappa shape index (κ1) is 14.1. The summed E-state index contributed by atoms with van der Waals surface area (Å²) in [5.41, 5.74) is 1.91. The fourth-order valence-corrected chi connectivity index (χ4v) is 5.19. The van der Waals surface area contributed by atoms with E-state index in [1.807, 2.05) is 18.4 Å². The molecule has 1 N–H and O–H groups in total. The monoisotopic (exact) mass is 334 g/mol. The molecule has 0 aromatic carbocycles. The lowest BCUT2D eigenvalue weighted by Gasteiger charge is -2.13. The quantitative estimate of drug-likeness (QED) is 0.936. The maximum absolute atomic E-state index is 11.8. The lowest BCUT2D eigenvalue weighted by molar-refractivity contribution is 0.0942. The molecule has 3 heterocycles. The predicted octanol–water partition coefficient (Wildman–Crippen LogP) is 2.40. The number of aryl methyl sites for hydroxylation is 2. The van der Waals surface area contributed by atoms with Crippen LogP contribution >= 0.6 is 22.7 Å². The second kappa shape index (κ2) is 5.62. The highest BCUT2D eigenvalue weighted by molar-refractivity contribution is 7.16. The molecule has 2 aromatic heterocycles. The third-order valence-corrected chi connectivity index (χ3v) is 6.50. The number of rotatable bonds is 3. The second-order valence-electron chi connectivity index (χ2n) is 5.81. The van der Waals surface area contributed by atoms with E-state index in [4.69, 9.17) is 4.98 Å². The molecule has 2 aromatic rings. The zero-order valence-corrected chi connectivity index (χ0v) is 14.1. The van der Waals surface area contributed by atoms with E-state index in [1.165, 1.54) is 29.8 Å². The summed E-state index contributed by atoms with van der Waals surface area (Å²) in [6.45, 7) is 1.49. The van der Waals surface area contributed by atoms with Crippen molar-refractivity contribution >= 4 is 33.7 Å². The lowest BCUT2D eigenvalue weighted by atomic mass is 10.0. The van der Waals surface area contributed by atoms with Gasteiger partial charge in [0.25, 0.3) is 5.91 Å². The van der Waals surface area contributed by atoms with Crippen LogP contribution in [-0.4, -0.2) is 29.5 Å². The Labute approximate surface area is 137 Å². The number of amides is 1. The minimum atomic E-state index is -0.0399. The molecule has 0 saturated carbocycles. The van der Waals surface area contributed by atoms with E-state index < -0.39 is 0 Å². The van der Waals surface area contributed by atoms with Gasteiger partial charge in [-0.25, -0.2) is 9.97 Å². The molecule has 0 bridgehead atoms. The number of hydrogen-bond donors (Lipinski definition) is 1.